The lowest BCUT2D eigenvalue weighted by Gasteiger charge is -2.09. The van der Waals surface area contributed by atoms with Crippen LogP contribution >= 0.6 is 0 Å². The molecule has 0 unspecified atom stereocenters. The van der Waals surface area contributed by atoms with E-state index in [1.165, 1.54) is 0 Å². The van der Waals surface area contributed by atoms with E-state index < -0.39 is 0 Å². The van der Waals surface area contributed by atoms with Gasteiger partial charge in [0.15, 0.2) is 11.5 Å². The van der Waals surface area contributed by atoms with Crippen LogP contribution in [0.4, 0.5) is 0 Å². The van der Waals surface area contributed by atoms with Crippen molar-refractivity contribution in [3.05, 3.63) is 58.7 Å². The summed E-state index contributed by atoms with van der Waals surface area (Å²) in [6, 6.07) is 11.1. The summed E-state index contributed by atoms with van der Waals surface area (Å²) < 4.78 is 15.8. The third-order valence-corrected chi connectivity index (χ3v) is 3.47. The molecule has 4 heteroatoms. The fraction of sp³-hybridized carbons (Fsp3) is 0.235. The number of carbonyl (C=O) groups excluding carboxylic acids is 1. The van der Waals surface area contributed by atoms with E-state index in [0.29, 0.717) is 17.1 Å². The first-order chi connectivity index (χ1) is 10.1. The standard InChI is InChI=1S/C17H16O4/c1-11-3-4-12(2)14(7-11)9-19-17(18)13-5-6-15-16(8-13)21-10-20-15/h3-8H,9-10H2,1-2H3. The molecule has 0 aromatic heterocycles. The summed E-state index contributed by atoms with van der Waals surface area (Å²) in [5.74, 6) is 0.867. The predicted molar refractivity (Wildman–Crippen MR) is 77.6 cm³/mol. The van der Waals surface area contributed by atoms with Crippen LogP contribution in [0.3, 0.4) is 0 Å². The van der Waals surface area contributed by atoms with Crippen molar-refractivity contribution in [1.29, 1.82) is 0 Å². The van der Waals surface area contributed by atoms with E-state index in [2.05, 4.69) is 0 Å². The van der Waals surface area contributed by atoms with Gasteiger partial charge < -0.3 is 14.2 Å². The molecule has 0 atom stereocenters. The normalized spacial score (nSPS) is 12.3. The zero-order valence-electron chi connectivity index (χ0n) is 12.0. The number of hydrogen-bond donors (Lipinski definition) is 0. The smallest absolute Gasteiger partial charge is 0.338 e. The molecule has 0 N–H and O–H groups in total. The first kappa shape index (κ1) is 13.5. The Balaban J connectivity index is 1.70. The molecule has 0 spiro atoms. The van der Waals surface area contributed by atoms with E-state index in [4.69, 9.17) is 14.2 Å². The van der Waals surface area contributed by atoms with Gasteiger partial charge in [-0.15, -0.1) is 0 Å². The highest BCUT2D eigenvalue weighted by Crippen LogP contribution is 2.32. The molecule has 2 aromatic rings. The Morgan fingerprint density at radius 1 is 1.10 bits per heavy atom. The molecule has 0 radical (unpaired) electrons. The zero-order valence-corrected chi connectivity index (χ0v) is 12.0. The van der Waals surface area contributed by atoms with Gasteiger partial charge in [-0.25, -0.2) is 4.79 Å². The van der Waals surface area contributed by atoms with Gasteiger partial charge in [-0.2, -0.15) is 0 Å². The minimum absolute atomic E-state index is 0.191. The SMILES string of the molecule is Cc1ccc(C)c(COC(=O)c2ccc3c(c2)OCO3)c1. The molecule has 108 valence electrons. The minimum Gasteiger partial charge on any atom is -0.457 e. The summed E-state index contributed by atoms with van der Waals surface area (Å²) in [6.45, 7) is 4.48. The number of fused-ring (bicyclic) bond motifs is 1. The Morgan fingerprint density at radius 3 is 2.76 bits per heavy atom. The Hall–Kier alpha value is -2.49. The molecule has 1 heterocycles. The summed E-state index contributed by atoms with van der Waals surface area (Å²) in [5.41, 5.74) is 3.74. The van der Waals surface area contributed by atoms with Gasteiger partial charge in [0.2, 0.25) is 6.79 Å². The van der Waals surface area contributed by atoms with Crippen molar-refractivity contribution < 1.29 is 19.0 Å². The Labute approximate surface area is 123 Å². The number of carbonyl (C=O) groups is 1. The lowest BCUT2D eigenvalue weighted by molar-refractivity contribution is 0.0471. The maximum Gasteiger partial charge on any atom is 0.338 e. The van der Waals surface area contributed by atoms with E-state index in [0.717, 1.165) is 16.7 Å². The van der Waals surface area contributed by atoms with Crippen molar-refractivity contribution in [3.63, 3.8) is 0 Å². The second kappa shape index (κ2) is 5.48. The summed E-state index contributed by atoms with van der Waals surface area (Å²) in [7, 11) is 0. The quantitative estimate of drug-likeness (QED) is 0.810. The number of ether oxygens (including phenoxy) is 3. The molecule has 1 aliphatic heterocycles. The molecule has 4 nitrogen and oxygen atoms in total. The summed E-state index contributed by atoms with van der Waals surface area (Å²) in [4.78, 5) is 12.1. The first-order valence-corrected chi connectivity index (χ1v) is 6.76. The average Bonchev–Trinajstić information content (AvgIpc) is 2.95. The lowest BCUT2D eigenvalue weighted by atomic mass is 10.1. The van der Waals surface area contributed by atoms with Crippen molar-refractivity contribution in [1.82, 2.24) is 0 Å². The number of rotatable bonds is 3. The molecule has 0 fully saturated rings. The van der Waals surface area contributed by atoms with Crippen LogP contribution in [0.5, 0.6) is 11.5 Å². The highest BCUT2D eigenvalue weighted by atomic mass is 16.7. The van der Waals surface area contributed by atoms with Crippen LogP contribution in [-0.2, 0) is 11.3 Å². The van der Waals surface area contributed by atoms with E-state index >= 15 is 0 Å². The first-order valence-electron chi connectivity index (χ1n) is 6.76. The Kier molecular flexibility index (Phi) is 3.52. The second-order valence-corrected chi connectivity index (χ2v) is 5.07. The number of benzene rings is 2. The van der Waals surface area contributed by atoms with E-state index in [9.17, 15) is 4.79 Å². The third-order valence-electron chi connectivity index (χ3n) is 3.47. The molecule has 21 heavy (non-hydrogen) atoms. The van der Waals surface area contributed by atoms with Gasteiger partial charge in [-0.05, 0) is 43.2 Å². The largest absolute Gasteiger partial charge is 0.457 e. The number of esters is 1. The van der Waals surface area contributed by atoms with Crippen LogP contribution in [-0.4, -0.2) is 12.8 Å². The highest BCUT2D eigenvalue weighted by Gasteiger charge is 2.17. The van der Waals surface area contributed by atoms with Crippen LogP contribution in [0.15, 0.2) is 36.4 Å². The molecule has 2 aromatic carbocycles. The molecule has 0 bridgehead atoms. The molecule has 0 amide bonds. The van der Waals surface area contributed by atoms with Gasteiger partial charge in [0.1, 0.15) is 6.61 Å². The summed E-state index contributed by atoms with van der Waals surface area (Å²) in [5, 5.41) is 0. The number of aryl methyl sites for hydroxylation is 2. The van der Waals surface area contributed by atoms with Crippen LogP contribution in [0.2, 0.25) is 0 Å². The predicted octanol–water partition coefficient (Wildman–Crippen LogP) is 3.39. The molecular weight excluding hydrogens is 268 g/mol. The monoisotopic (exact) mass is 284 g/mol. The Bertz CT molecular complexity index is 691. The van der Waals surface area contributed by atoms with Crippen molar-refractivity contribution >= 4 is 5.97 Å². The molecular formula is C17H16O4. The topological polar surface area (TPSA) is 44.8 Å². The molecule has 1 aliphatic rings. The fourth-order valence-corrected chi connectivity index (χ4v) is 2.21. The molecule has 3 rings (SSSR count). The lowest BCUT2D eigenvalue weighted by Crippen LogP contribution is -2.06. The van der Waals surface area contributed by atoms with Crippen LogP contribution in [0, 0.1) is 13.8 Å². The van der Waals surface area contributed by atoms with Gasteiger partial charge in [0.25, 0.3) is 0 Å². The third kappa shape index (κ3) is 2.84. The summed E-state index contributed by atoms with van der Waals surface area (Å²) >= 11 is 0. The van der Waals surface area contributed by atoms with Crippen molar-refractivity contribution in [2.45, 2.75) is 20.5 Å². The molecule has 0 aliphatic carbocycles. The van der Waals surface area contributed by atoms with E-state index in [1.54, 1.807) is 18.2 Å². The van der Waals surface area contributed by atoms with E-state index in [-0.39, 0.29) is 19.4 Å². The van der Waals surface area contributed by atoms with Gasteiger partial charge >= 0.3 is 5.97 Å². The van der Waals surface area contributed by atoms with Gasteiger partial charge in [0.05, 0.1) is 5.56 Å². The van der Waals surface area contributed by atoms with Crippen molar-refractivity contribution in [2.24, 2.45) is 0 Å². The van der Waals surface area contributed by atoms with Crippen LogP contribution in [0.1, 0.15) is 27.0 Å². The maximum atomic E-state index is 12.1. The number of hydrogen-bond acceptors (Lipinski definition) is 4. The minimum atomic E-state index is -0.366. The molecule has 0 saturated heterocycles. The van der Waals surface area contributed by atoms with Gasteiger partial charge in [0, 0.05) is 0 Å². The van der Waals surface area contributed by atoms with Crippen LogP contribution in [0.25, 0.3) is 0 Å². The summed E-state index contributed by atoms with van der Waals surface area (Å²) in [6.07, 6.45) is 0. The fourth-order valence-electron chi connectivity index (χ4n) is 2.21. The van der Waals surface area contributed by atoms with Gasteiger partial charge in [-0.1, -0.05) is 23.8 Å². The van der Waals surface area contributed by atoms with Gasteiger partial charge in [-0.3, -0.25) is 0 Å². The average molecular weight is 284 g/mol. The second-order valence-electron chi connectivity index (χ2n) is 5.07. The zero-order chi connectivity index (χ0) is 14.8. The highest BCUT2D eigenvalue weighted by molar-refractivity contribution is 5.90. The maximum absolute atomic E-state index is 12.1. The Morgan fingerprint density at radius 2 is 1.90 bits per heavy atom. The molecule has 0 saturated carbocycles. The van der Waals surface area contributed by atoms with E-state index in [1.807, 2.05) is 32.0 Å². The van der Waals surface area contributed by atoms with Crippen molar-refractivity contribution in [2.75, 3.05) is 6.79 Å². The van der Waals surface area contributed by atoms with Crippen LogP contribution < -0.4 is 9.47 Å². The van der Waals surface area contributed by atoms with Crippen molar-refractivity contribution in [3.8, 4) is 11.5 Å².